The molecule has 0 radical (unpaired) electrons. The van der Waals surface area contributed by atoms with Crippen LogP contribution in [-0.4, -0.2) is 53.9 Å². The van der Waals surface area contributed by atoms with Crippen LogP contribution in [0, 0.1) is 12.8 Å². The van der Waals surface area contributed by atoms with E-state index in [4.69, 9.17) is 21.2 Å². The molecule has 8 heteroatoms. The number of esters is 1. The van der Waals surface area contributed by atoms with Crippen molar-refractivity contribution < 1.29 is 24.3 Å². The third-order valence-corrected chi connectivity index (χ3v) is 7.72. The summed E-state index contributed by atoms with van der Waals surface area (Å²) in [5.74, 6) is -0.165. The van der Waals surface area contributed by atoms with Gasteiger partial charge in [-0.3, -0.25) is 4.79 Å². The van der Waals surface area contributed by atoms with Crippen LogP contribution in [0.1, 0.15) is 59.2 Å². The number of hydrogen-bond acceptors (Lipinski definition) is 6. The van der Waals surface area contributed by atoms with Crippen molar-refractivity contribution in [2.45, 2.75) is 51.9 Å². The number of allylic oxidation sites excluding steroid dienone is 3. The Bertz CT molecular complexity index is 1260. The van der Waals surface area contributed by atoms with E-state index < -0.39 is 5.97 Å². The van der Waals surface area contributed by atoms with Crippen molar-refractivity contribution in [3.63, 3.8) is 0 Å². The van der Waals surface area contributed by atoms with Crippen LogP contribution in [0.25, 0.3) is 0 Å². The highest BCUT2D eigenvalue weighted by Gasteiger charge is 2.24. The van der Waals surface area contributed by atoms with Crippen molar-refractivity contribution in [2.75, 3.05) is 26.3 Å². The maximum absolute atomic E-state index is 12.9. The number of hydrogen-bond donors (Lipinski definition) is 1. The largest absolute Gasteiger partial charge is 0.506 e. The molecule has 7 nitrogen and oxygen atoms in total. The van der Waals surface area contributed by atoms with Crippen molar-refractivity contribution in [2.24, 2.45) is 11.1 Å². The van der Waals surface area contributed by atoms with Crippen LogP contribution in [0.2, 0.25) is 5.02 Å². The van der Waals surface area contributed by atoms with Crippen LogP contribution in [0.5, 0.6) is 5.75 Å². The van der Waals surface area contributed by atoms with Gasteiger partial charge in [-0.25, -0.2) is 4.79 Å². The van der Waals surface area contributed by atoms with Crippen LogP contribution < -0.4 is 0 Å². The molecule has 0 aromatic heterocycles. The zero-order valence-corrected chi connectivity index (χ0v) is 23.7. The SMILES string of the molecule is Cc1cc(O)c(Cl)c2c1C(=O)OCC/C=C/CC/C=C/C(=N\OCC(=O)N1CCC(Cc3ccccc3)CC1)C2. The molecule has 40 heavy (non-hydrogen) atoms. The standard InChI is InChI=1S/C32H37ClN2O5/c1-23-19-28(36)31(33)27-21-26(13-9-4-2-3-5-10-18-39-32(38)30(23)27)34-40-22-29(37)35-16-14-25(15-17-35)20-24-11-7-6-8-12-24/h3,5-9,11-13,19,25,36H,2,4,10,14-18,20-22H2,1H3/b5-3+,13-9+,34-26+. The summed E-state index contributed by atoms with van der Waals surface area (Å²) in [6.45, 7) is 3.20. The maximum atomic E-state index is 12.9. The van der Waals surface area contributed by atoms with Gasteiger partial charge in [0.25, 0.3) is 5.91 Å². The number of ether oxygens (including phenoxy) is 1. The molecule has 0 aliphatic carbocycles. The first-order chi connectivity index (χ1) is 19.4. The highest BCUT2D eigenvalue weighted by molar-refractivity contribution is 6.33. The molecule has 0 unspecified atom stereocenters. The molecule has 2 heterocycles. The van der Waals surface area contributed by atoms with Gasteiger partial charge in [0.2, 0.25) is 0 Å². The number of oxime groups is 1. The Morgan fingerprint density at radius 3 is 2.62 bits per heavy atom. The number of halogens is 1. The van der Waals surface area contributed by atoms with Crippen molar-refractivity contribution in [1.29, 1.82) is 0 Å². The average Bonchev–Trinajstić information content (AvgIpc) is 2.95. The van der Waals surface area contributed by atoms with Crippen LogP contribution in [0.4, 0.5) is 0 Å². The summed E-state index contributed by atoms with van der Waals surface area (Å²) in [7, 11) is 0. The number of carbonyl (C=O) groups is 2. The molecule has 2 aliphatic heterocycles. The zero-order valence-electron chi connectivity index (χ0n) is 23.0. The lowest BCUT2D eigenvalue weighted by molar-refractivity contribution is -0.137. The molecule has 1 fully saturated rings. The summed E-state index contributed by atoms with van der Waals surface area (Å²) in [5.41, 5.74) is 3.09. The fraction of sp³-hybridized carbons (Fsp3) is 0.406. The van der Waals surface area contributed by atoms with Crippen LogP contribution >= 0.6 is 11.6 Å². The van der Waals surface area contributed by atoms with E-state index in [0.29, 0.717) is 47.8 Å². The van der Waals surface area contributed by atoms with Crippen molar-refractivity contribution in [3.05, 3.63) is 88.0 Å². The Balaban J connectivity index is 1.42. The van der Waals surface area contributed by atoms with Gasteiger partial charge >= 0.3 is 5.97 Å². The molecular weight excluding hydrogens is 528 g/mol. The number of aromatic hydroxyl groups is 1. The summed E-state index contributed by atoms with van der Waals surface area (Å²) < 4.78 is 5.47. The van der Waals surface area contributed by atoms with Gasteiger partial charge in [0, 0.05) is 19.5 Å². The molecule has 0 atom stereocenters. The minimum absolute atomic E-state index is 0.0695. The van der Waals surface area contributed by atoms with E-state index in [-0.39, 0.29) is 36.3 Å². The van der Waals surface area contributed by atoms with Gasteiger partial charge in [-0.05, 0) is 80.2 Å². The van der Waals surface area contributed by atoms with E-state index in [9.17, 15) is 14.7 Å². The summed E-state index contributed by atoms with van der Waals surface area (Å²) in [6.07, 6.45) is 13.1. The highest BCUT2D eigenvalue weighted by atomic mass is 35.5. The second-order valence-corrected chi connectivity index (χ2v) is 10.7. The Morgan fingerprint density at radius 1 is 1.12 bits per heavy atom. The predicted molar refractivity (Wildman–Crippen MR) is 157 cm³/mol. The fourth-order valence-electron chi connectivity index (χ4n) is 5.13. The first-order valence-electron chi connectivity index (χ1n) is 13.9. The number of benzene rings is 2. The first kappa shape index (κ1) is 29.4. The second kappa shape index (κ2) is 14.7. The van der Waals surface area contributed by atoms with E-state index in [2.05, 4.69) is 29.4 Å². The highest BCUT2D eigenvalue weighted by Crippen LogP contribution is 2.34. The van der Waals surface area contributed by atoms with Gasteiger partial charge in [0.05, 0.1) is 22.9 Å². The minimum atomic E-state index is -0.505. The number of nitrogens with zero attached hydrogens (tertiary/aromatic N) is 2. The third kappa shape index (κ3) is 8.21. The van der Waals surface area contributed by atoms with Crippen LogP contribution in [0.15, 0.2) is 65.9 Å². The summed E-state index contributed by atoms with van der Waals surface area (Å²) >= 11 is 6.46. The van der Waals surface area contributed by atoms with Crippen molar-refractivity contribution in [3.8, 4) is 5.75 Å². The molecule has 0 bridgehead atoms. The van der Waals surface area contributed by atoms with E-state index in [1.807, 2.05) is 35.3 Å². The quantitative estimate of drug-likeness (QED) is 0.265. The predicted octanol–water partition coefficient (Wildman–Crippen LogP) is 6.20. The number of piperidine rings is 1. The molecule has 0 saturated carbocycles. The lowest BCUT2D eigenvalue weighted by Gasteiger charge is -2.31. The number of rotatable bonds is 5. The topological polar surface area (TPSA) is 88.4 Å². The normalized spacial score (nSPS) is 19.8. The Labute approximate surface area is 241 Å². The number of cyclic esters (lactones) is 1. The molecule has 2 aliphatic rings. The number of aryl methyl sites for hydroxylation is 1. The number of carbonyl (C=O) groups excluding carboxylic acids is 2. The Hall–Kier alpha value is -3.58. The molecule has 0 spiro atoms. The lowest BCUT2D eigenvalue weighted by atomic mass is 9.90. The summed E-state index contributed by atoms with van der Waals surface area (Å²) in [5, 5.41) is 14.7. The van der Waals surface area contributed by atoms with Gasteiger partial charge in [0.15, 0.2) is 6.61 Å². The number of phenols is 1. The maximum Gasteiger partial charge on any atom is 0.338 e. The van der Waals surface area contributed by atoms with Gasteiger partial charge in [-0.1, -0.05) is 65.3 Å². The molecule has 2 aromatic rings. The average molecular weight is 565 g/mol. The molecular formula is C32H37ClN2O5. The van der Waals surface area contributed by atoms with E-state index in [1.54, 1.807) is 6.92 Å². The third-order valence-electron chi connectivity index (χ3n) is 7.30. The molecule has 1 saturated heterocycles. The first-order valence-corrected chi connectivity index (χ1v) is 14.3. The summed E-state index contributed by atoms with van der Waals surface area (Å²) in [6, 6.07) is 11.9. The number of phenolic OH excluding ortho intramolecular Hbond substituents is 1. The van der Waals surface area contributed by atoms with Crippen molar-refractivity contribution >= 4 is 29.2 Å². The van der Waals surface area contributed by atoms with Gasteiger partial charge in [0.1, 0.15) is 5.75 Å². The molecule has 1 N–H and O–H groups in total. The van der Waals surface area contributed by atoms with E-state index in [1.165, 1.54) is 11.6 Å². The minimum Gasteiger partial charge on any atom is -0.506 e. The van der Waals surface area contributed by atoms with E-state index >= 15 is 0 Å². The Morgan fingerprint density at radius 2 is 1.85 bits per heavy atom. The Kier molecular flexibility index (Phi) is 10.8. The van der Waals surface area contributed by atoms with Gasteiger partial charge < -0.3 is 19.6 Å². The fourth-order valence-corrected chi connectivity index (χ4v) is 5.35. The molecule has 2 aromatic carbocycles. The molecule has 1 amide bonds. The van der Waals surface area contributed by atoms with Gasteiger partial charge in [-0.2, -0.15) is 0 Å². The second-order valence-electron chi connectivity index (χ2n) is 10.3. The smallest absolute Gasteiger partial charge is 0.338 e. The van der Waals surface area contributed by atoms with E-state index in [0.717, 1.165) is 32.1 Å². The molecule has 4 rings (SSSR count). The number of fused-ring (bicyclic) bond motifs is 1. The molecule has 212 valence electrons. The van der Waals surface area contributed by atoms with Crippen LogP contribution in [0.3, 0.4) is 0 Å². The number of amides is 1. The lowest BCUT2D eigenvalue weighted by Crippen LogP contribution is -2.40. The number of likely N-dealkylation sites (tertiary alicyclic amines) is 1. The van der Waals surface area contributed by atoms with Crippen molar-refractivity contribution in [1.82, 2.24) is 4.90 Å². The monoisotopic (exact) mass is 564 g/mol. The van der Waals surface area contributed by atoms with Gasteiger partial charge in [-0.15, -0.1) is 0 Å². The summed E-state index contributed by atoms with van der Waals surface area (Å²) in [4.78, 5) is 33.2. The van der Waals surface area contributed by atoms with Crippen LogP contribution in [-0.2, 0) is 27.2 Å². The zero-order chi connectivity index (χ0) is 28.3.